The van der Waals surface area contributed by atoms with Gasteiger partial charge in [-0.25, -0.2) is 18.5 Å². The van der Waals surface area contributed by atoms with Crippen LogP contribution in [-0.4, -0.2) is 45.7 Å². The van der Waals surface area contributed by atoms with Gasteiger partial charge < -0.3 is 14.5 Å². The maximum Gasteiger partial charge on any atom is 0.400 e. The van der Waals surface area contributed by atoms with Gasteiger partial charge in [0.25, 0.3) is 0 Å². The number of thiophene rings is 1. The standard InChI is InChI=1S/C15H17F2N4O6PS2/c1-8-10-5-9(14-19-7-20-21-14)6-11(27-3-2-4-30(18,25)26)12(10)29-13(8)15(16,17)28(22,23)24/h5-7H,2-4H2,1H3,(H2,18,25,26)(H,19,20,21)(H2,22,23,24). The molecule has 30 heavy (non-hydrogen) atoms. The number of nitrogens with zero attached hydrogens (tertiary/aromatic N) is 2. The van der Waals surface area contributed by atoms with Crippen molar-refractivity contribution in [2.24, 2.45) is 5.14 Å². The molecule has 3 aromatic rings. The first kappa shape index (κ1) is 22.7. The maximum absolute atomic E-state index is 14.4. The normalized spacial score (nSPS) is 13.1. The van der Waals surface area contributed by atoms with Gasteiger partial charge in [-0.05, 0) is 31.0 Å². The number of nitrogens with two attached hydrogens (primary N) is 1. The Hall–Kier alpha value is -1.96. The fourth-order valence-corrected chi connectivity index (χ4v) is 5.31. The monoisotopic (exact) mass is 482 g/mol. The van der Waals surface area contributed by atoms with Gasteiger partial charge in [0, 0.05) is 10.9 Å². The molecule has 15 heteroatoms. The van der Waals surface area contributed by atoms with Crippen molar-refractivity contribution in [3.05, 3.63) is 28.9 Å². The van der Waals surface area contributed by atoms with E-state index in [9.17, 15) is 21.8 Å². The Balaban J connectivity index is 2.10. The summed E-state index contributed by atoms with van der Waals surface area (Å²) in [6.45, 7) is 1.25. The number of hydrogen-bond donors (Lipinski definition) is 4. The second-order valence-corrected chi connectivity index (χ2v) is 10.8. The molecule has 0 atom stereocenters. The van der Waals surface area contributed by atoms with Crippen LogP contribution < -0.4 is 9.88 Å². The molecule has 0 aliphatic carbocycles. The molecule has 0 spiro atoms. The molecule has 0 aliphatic heterocycles. The van der Waals surface area contributed by atoms with Gasteiger partial charge in [0.05, 0.1) is 21.9 Å². The van der Waals surface area contributed by atoms with E-state index >= 15 is 0 Å². The van der Waals surface area contributed by atoms with Crippen molar-refractivity contribution in [2.75, 3.05) is 12.4 Å². The SMILES string of the molecule is Cc1c(C(F)(F)P(=O)(O)O)sc2c(OCCCS(N)(=O)=O)cc(-c3ncn[nH]3)cc12. The Morgan fingerprint density at radius 3 is 2.63 bits per heavy atom. The average molecular weight is 482 g/mol. The number of aryl methyl sites for hydroxylation is 1. The van der Waals surface area contributed by atoms with E-state index in [1.54, 1.807) is 0 Å². The molecule has 2 heterocycles. The highest BCUT2D eigenvalue weighted by Crippen LogP contribution is 2.62. The molecular formula is C15H17F2N4O6PS2. The van der Waals surface area contributed by atoms with E-state index in [2.05, 4.69) is 15.2 Å². The number of alkyl halides is 2. The predicted molar refractivity (Wildman–Crippen MR) is 106 cm³/mol. The van der Waals surface area contributed by atoms with E-state index < -0.39 is 28.2 Å². The lowest BCUT2D eigenvalue weighted by Crippen LogP contribution is -2.18. The number of aromatic nitrogens is 3. The van der Waals surface area contributed by atoms with E-state index in [0.717, 1.165) is 0 Å². The molecule has 0 saturated heterocycles. The number of aromatic amines is 1. The summed E-state index contributed by atoms with van der Waals surface area (Å²) in [5, 5.41) is 11.6. The maximum atomic E-state index is 14.4. The minimum atomic E-state index is -5.77. The van der Waals surface area contributed by atoms with Crippen LogP contribution in [0.2, 0.25) is 0 Å². The molecular weight excluding hydrogens is 465 g/mol. The Bertz CT molecular complexity index is 1220. The molecule has 0 saturated carbocycles. The van der Waals surface area contributed by atoms with Crippen molar-refractivity contribution in [3.63, 3.8) is 0 Å². The first-order valence-corrected chi connectivity index (χ1v) is 12.5. The van der Waals surface area contributed by atoms with Crippen LogP contribution in [0.4, 0.5) is 8.78 Å². The van der Waals surface area contributed by atoms with E-state index in [0.29, 0.717) is 28.1 Å². The number of fused-ring (bicyclic) bond motifs is 1. The van der Waals surface area contributed by atoms with Crippen molar-refractivity contribution in [3.8, 4) is 17.1 Å². The third kappa shape index (κ3) is 4.53. The zero-order valence-corrected chi connectivity index (χ0v) is 17.9. The van der Waals surface area contributed by atoms with E-state index in [1.165, 1.54) is 25.4 Å². The number of H-pyrrole nitrogens is 1. The highest BCUT2D eigenvalue weighted by molar-refractivity contribution is 7.89. The third-order valence-corrected chi connectivity index (χ3v) is 7.52. The van der Waals surface area contributed by atoms with Crippen LogP contribution in [0, 0.1) is 6.92 Å². The Kier molecular flexibility index (Phi) is 6.02. The molecule has 0 amide bonds. The Morgan fingerprint density at radius 2 is 2.07 bits per heavy atom. The molecule has 0 fully saturated rings. The van der Waals surface area contributed by atoms with Crippen LogP contribution in [0.5, 0.6) is 5.75 Å². The zero-order chi connectivity index (χ0) is 22.3. The Morgan fingerprint density at radius 1 is 1.37 bits per heavy atom. The fraction of sp³-hybridized carbons (Fsp3) is 0.333. The number of sulfonamides is 1. The number of hydrogen-bond acceptors (Lipinski definition) is 7. The molecule has 0 bridgehead atoms. The van der Waals surface area contributed by atoms with E-state index in [1.807, 2.05) is 0 Å². The summed E-state index contributed by atoms with van der Waals surface area (Å²) in [5.74, 6) is 0.123. The van der Waals surface area contributed by atoms with Gasteiger partial charge in [-0.2, -0.15) is 13.9 Å². The summed E-state index contributed by atoms with van der Waals surface area (Å²) in [4.78, 5) is 21.5. The minimum Gasteiger partial charge on any atom is -0.492 e. The zero-order valence-electron chi connectivity index (χ0n) is 15.4. The highest BCUT2D eigenvalue weighted by atomic mass is 32.2. The van der Waals surface area contributed by atoms with Gasteiger partial charge in [0.15, 0.2) is 5.82 Å². The molecule has 2 aromatic heterocycles. The van der Waals surface area contributed by atoms with Crippen molar-refractivity contribution in [1.82, 2.24) is 15.2 Å². The Labute approximate surface area is 173 Å². The van der Waals surface area contributed by atoms with Gasteiger partial charge >= 0.3 is 13.3 Å². The summed E-state index contributed by atoms with van der Waals surface area (Å²) in [6.07, 6.45) is 1.31. The van der Waals surface area contributed by atoms with Crippen LogP contribution in [0.25, 0.3) is 21.5 Å². The predicted octanol–water partition coefficient (Wildman–Crippen LogP) is 2.28. The van der Waals surface area contributed by atoms with Gasteiger partial charge in [-0.15, -0.1) is 11.3 Å². The number of halogens is 2. The molecule has 164 valence electrons. The van der Waals surface area contributed by atoms with Crippen molar-refractivity contribution >= 4 is 39.0 Å². The topological polar surface area (TPSA) is 168 Å². The second kappa shape index (κ2) is 7.94. The van der Waals surface area contributed by atoms with Gasteiger partial charge in [0.1, 0.15) is 12.1 Å². The van der Waals surface area contributed by atoms with Crippen molar-refractivity contribution < 1.29 is 36.3 Å². The molecule has 0 aliphatic rings. The molecule has 10 nitrogen and oxygen atoms in total. The van der Waals surface area contributed by atoms with E-state index in [-0.39, 0.29) is 34.8 Å². The lowest BCUT2D eigenvalue weighted by atomic mass is 10.1. The van der Waals surface area contributed by atoms with Gasteiger partial charge in [-0.3, -0.25) is 9.66 Å². The lowest BCUT2D eigenvalue weighted by molar-refractivity contribution is 0.0596. The summed E-state index contributed by atoms with van der Waals surface area (Å²) >= 11 is 0.497. The number of benzene rings is 1. The largest absolute Gasteiger partial charge is 0.492 e. The lowest BCUT2D eigenvalue weighted by Gasteiger charge is -2.16. The molecule has 1 aromatic carbocycles. The van der Waals surface area contributed by atoms with Crippen LogP contribution in [-0.2, 0) is 20.3 Å². The number of primary sulfonamides is 1. The third-order valence-electron chi connectivity index (χ3n) is 4.16. The minimum absolute atomic E-state index is 0.0147. The summed E-state index contributed by atoms with van der Waals surface area (Å²) in [6, 6.07) is 3.02. The van der Waals surface area contributed by atoms with Crippen molar-refractivity contribution in [2.45, 2.75) is 19.0 Å². The summed E-state index contributed by atoms with van der Waals surface area (Å²) in [5.41, 5.74) is -3.95. The first-order chi connectivity index (χ1) is 13.8. The molecule has 0 unspecified atom stereocenters. The molecule has 3 rings (SSSR count). The highest BCUT2D eigenvalue weighted by Gasteiger charge is 2.52. The fourth-order valence-electron chi connectivity index (χ4n) is 2.74. The summed E-state index contributed by atoms with van der Waals surface area (Å²) in [7, 11) is -9.45. The van der Waals surface area contributed by atoms with Crippen LogP contribution in [0.15, 0.2) is 18.5 Å². The molecule has 0 radical (unpaired) electrons. The smallest absolute Gasteiger partial charge is 0.400 e. The van der Waals surface area contributed by atoms with Crippen LogP contribution >= 0.6 is 18.9 Å². The van der Waals surface area contributed by atoms with Crippen molar-refractivity contribution in [1.29, 1.82) is 0 Å². The first-order valence-electron chi connectivity index (χ1n) is 8.31. The van der Waals surface area contributed by atoms with Gasteiger partial charge in [-0.1, -0.05) is 0 Å². The van der Waals surface area contributed by atoms with E-state index in [4.69, 9.17) is 19.7 Å². The number of rotatable bonds is 8. The van der Waals surface area contributed by atoms with Gasteiger partial charge in [0.2, 0.25) is 10.0 Å². The van der Waals surface area contributed by atoms with Crippen LogP contribution in [0.3, 0.4) is 0 Å². The average Bonchev–Trinajstić information content (AvgIpc) is 3.25. The number of nitrogens with one attached hydrogen (secondary N) is 1. The molecule has 5 N–H and O–H groups in total. The summed E-state index contributed by atoms with van der Waals surface area (Å²) < 4.78 is 68.1. The second-order valence-electron chi connectivity index (χ2n) is 6.40. The quantitative estimate of drug-likeness (QED) is 0.280. The number of ether oxygens (including phenoxy) is 1. The van der Waals surface area contributed by atoms with Crippen LogP contribution in [0.1, 0.15) is 16.9 Å².